The van der Waals surface area contributed by atoms with Crippen molar-refractivity contribution in [1.29, 1.82) is 0 Å². The Labute approximate surface area is 188 Å². The zero-order chi connectivity index (χ0) is 22.0. The van der Waals surface area contributed by atoms with Crippen LogP contribution in [0.1, 0.15) is 84.6 Å². The second-order valence-corrected chi connectivity index (χ2v) is 11.4. The Hall–Kier alpha value is -1.54. The summed E-state index contributed by atoms with van der Waals surface area (Å²) in [6.45, 7) is 9.69. The first-order valence-corrected chi connectivity index (χ1v) is 12.7. The molecular formula is C29H40O2. The summed E-state index contributed by atoms with van der Waals surface area (Å²) in [4.78, 5) is 0. The molecule has 0 spiro atoms. The van der Waals surface area contributed by atoms with Gasteiger partial charge in [-0.15, -0.1) is 0 Å². The monoisotopic (exact) mass is 420 g/mol. The van der Waals surface area contributed by atoms with Crippen LogP contribution in [0, 0.1) is 34.5 Å². The van der Waals surface area contributed by atoms with Gasteiger partial charge in [0.15, 0.2) is 0 Å². The fourth-order valence-corrected chi connectivity index (χ4v) is 8.48. The Balaban J connectivity index is 1.59. The van der Waals surface area contributed by atoms with Crippen LogP contribution in [0.2, 0.25) is 0 Å². The van der Waals surface area contributed by atoms with Gasteiger partial charge < -0.3 is 10.2 Å². The average Bonchev–Trinajstić information content (AvgIpc) is 3.06. The molecule has 0 aliphatic heterocycles. The molecule has 31 heavy (non-hydrogen) atoms. The van der Waals surface area contributed by atoms with Crippen molar-refractivity contribution in [3.63, 3.8) is 0 Å². The van der Waals surface area contributed by atoms with Gasteiger partial charge in [-0.2, -0.15) is 0 Å². The second-order valence-electron chi connectivity index (χ2n) is 11.4. The van der Waals surface area contributed by atoms with E-state index >= 15 is 0 Å². The molecular weight excluding hydrogens is 380 g/mol. The number of aromatic hydroxyl groups is 1. The molecule has 4 aliphatic rings. The van der Waals surface area contributed by atoms with Crippen LogP contribution in [-0.2, 0) is 0 Å². The third kappa shape index (κ3) is 3.00. The number of fused-ring (bicyclic) bond motifs is 5. The van der Waals surface area contributed by atoms with E-state index in [1.165, 1.54) is 31.3 Å². The summed E-state index contributed by atoms with van der Waals surface area (Å²) in [5, 5.41) is 21.2. The molecule has 4 aliphatic carbocycles. The van der Waals surface area contributed by atoms with Crippen LogP contribution in [0.5, 0.6) is 5.75 Å². The van der Waals surface area contributed by atoms with Gasteiger partial charge in [-0.1, -0.05) is 63.1 Å². The molecule has 0 saturated heterocycles. The molecule has 2 saturated carbocycles. The average molecular weight is 421 g/mol. The number of phenols is 1. The van der Waals surface area contributed by atoms with Crippen molar-refractivity contribution in [2.45, 2.75) is 85.2 Å². The fourth-order valence-electron chi connectivity index (χ4n) is 8.48. The molecule has 0 radical (unpaired) electrons. The van der Waals surface area contributed by atoms with Crippen molar-refractivity contribution in [2.75, 3.05) is 0 Å². The predicted octanol–water partition coefficient (Wildman–Crippen LogP) is 7.13. The maximum absolute atomic E-state index is 10.8. The van der Waals surface area contributed by atoms with Gasteiger partial charge in [0.25, 0.3) is 0 Å². The van der Waals surface area contributed by atoms with Crippen LogP contribution < -0.4 is 0 Å². The van der Waals surface area contributed by atoms with E-state index in [2.05, 4.69) is 45.9 Å². The topological polar surface area (TPSA) is 40.5 Å². The number of rotatable bonds is 3. The molecule has 1 aromatic rings. The third-order valence-electron chi connectivity index (χ3n) is 10.1. The summed E-state index contributed by atoms with van der Waals surface area (Å²) in [7, 11) is 0. The highest BCUT2D eigenvalue weighted by molar-refractivity contribution is 5.79. The summed E-state index contributed by atoms with van der Waals surface area (Å²) in [5.41, 5.74) is 6.09. The first-order valence-electron chi connectivity index (χ1n) is 12.7. The number of aliphatic hydroxyl groups is 1. The SMILES string of the molecule is CCC1=C(c2ccccc2O)[C@@]2(C)CC[C@H]3[C@@H]([C@@H](CC)C=C4C[C@@H](O)CC[C@@]43C)[C@@H]2C1. The normalized spacial score (nSPS) is 42.0. The minimum atomic E-state index is -0.144. The van der Waals surface area contributed by atoms with Crippen LogP contribution >= 0.6 is 0 Å². The van der Waals surface area contributed by atoms with Gasteiger partial charge in [-0.05, 0) is 97.5 Å². The van der Waals surface area contributed by atoms with E-state index in [1.54, 1.807) is 11.1 Å². The fraction of sp³-hybridized carbons (Fsp3) is 0.655. The van der Waals surface area contributed by atoms with Crippen molar-refractivity contribution < 1.29 is 10.2 Å². The molecule has 168 valence electrons. The minimum Gasteiger partial charge on any atom is -0.507 e. The van der Waals surface area contributed by atoms with E-state index in [9.17, 15) is 10.2 Å². The molecule has 5 rings (SSSR count). The molecule has 2 fully saturated rings. The Morgan fingerprint density at radius 3 is 2.42 bits per heavy atom. The highest BCUT2D eigenvalue weighted by atomic mass is 16.3. The summed E-state index contributed by atoms with van der Waals surface area (Å²) in [6, 6.07) is 8.02. The van der Waals surface area contributed by atoms with Crippen LogP contribution in [-0.4, -0.2) is 16.3 Å². The zero-order valence-electron chi connectivity index (χ0n) is 19.8. The lowest BCUT2D eigenvalue weighted by molar-refractivity contribution is -0.0468. The molecule has 1 aromatic carbocycles. The minimum absolute atomic E-state index is 0.144. The largest absolute Gasteiger partial charge is 0.507 e. The van der Waals surface area contributed by atoms with Crippen LogP contribution in [0.25, 0.3) is 5.57 Å². The molecule has 0 aromatic heterocycles. The Morgan fingerprint density at radius 1 is 0.968 bits per heavy atom. The third-order valence-corrected chi connectivity index (χ3v) is 10.1. The van der Waals surface area contributed by atoms with Gasteiger partial charge >= 0.3 is 0 Å². The lowest BCUT2D eigenvalue weighted by atomic mass is 9.45. The number of para-hydroxylation sites is 1. The maximum Gasteiger partial charge on any atom is 0.123 e. The predicted molar refractivity (Wildman–Crippen MR) is 128 cm³/mol. The summed E-state index contributed by atoms with van der Waals surface area (Å²) >= 11 is 0. The molecule has 7 atom stereocenters. The van der Waals surface area contributed by atoms with Gasteiger partial charge in [0.1, 0.15) is 5.75 Å². The maximum atomic E-state index is 10.8. The number of allylic oxidation sites excluding steroid dienone is 3. The van der Waals surface area contributed by atoms with Gasteiger partial charge in [-0.3, -0.25) is 0 Å². The van der Waals surface area contributed by atoms with Crippen LogP contribution in [0.4, 0.5) is 0 Å². The molecule has 0 amide bonds. The highest BCUT2D eigenvalue weighted by Gasteiger charge is 2.59. The van der Waals surface area contributed by atoms with Crippen LogP contribution in [0.3, 0.4) is 0 Å². The van der Waals surface area contributed by atoms with E-state index < -0.39 is 0 Å². The highest BCUT2D eigenvalue weighted by Crippen LogP contribution is 2.69. The smallest absolute Gasteiger partial charge is 0.123 e. The van der Waals surface area contributed by atoms with Crippen molar-refractivity contribution in [2.24, 2.45) is 34.5 Å². The lowest BCUT2D eigenvalue weighted by Crippen LogP contribution is -2.52. The lowest BCUT2D eigenvalue weighted by Gasteiger charge is -2.60. The number of hydrogen-bond donors (Lipinski definition) is 2. The number of phenolic OH excluding ortho intramolecular Hbond substituents is 1. The molecule has 0 heterocycles. The van der Waals surface area contributed by atoms with Gasteiger partial charge in [-0.25, -0.2) is 0 Å². The van der Waals surface area contributed by atoms with E-state index in [-0.39, 0.29) is 16.9 Å². The molecule has 2 N–H and O–H groups in total. The Bertz CT molecular complexity index is 926. The number of hydrogen-bond acceptors (Lipinski definition) is 2. The Kier molecular flexibility index (Phi) is 5.16. The second kappa shape index (κ2) is 7.51. The number of aliphatic hydroxyl groups excluding tert-OH is 1. The summed E-state index contributed by atoms with van der Waals surface area (Å²) in [5.74, 6) is 3.15. The van der Waals surface area contributed by atoms with Crippen molar-refractivity contribution >= 4 is 5.57 Å². The molecule has 0 bridgehead atoms. The molecule has 2 nitrogen and oxygen atoms in total. The van der Waals surface area contributed by atoms with E-state index in [4.69, 9.17) is 0 Å². The van der Waals surface area contributed by atoms with E-state index in [0.717, 1.165) is 37.2 Å². The van der Waals surface area contributed by atoms with Crippen molar-refractivity contribution in [3.8, 4) is 5.75 Å². The quantitative estimate of drug-likeness (QED) is 0.511. The summed E-state index contributed by atoms with van der Waals surface area (Å²) in [6.07, 6.45) is 11.4. The standard InChI is InChI=1S/C29H40O2/c1-5-18-15-20-17-21(30)11-13-28(20,3)23-12-14-29(4)24(26(18)23)16-19(6-2)27(29)22-9-7-8-10-25(22)31/h7-10,15,18,21,23-24,26,30-31H,5-6,11-14,16-17H2,1-4H3/t18-,21-,23-,24-,26+,28-,29-/m0/s1. The van der Waals surface area contributed by atoms with Gasteiger partial charge in [0.05, 0.1) is 6.10 Å². The van der Waals surface area contributed by atoms with Gasteiger partial charge in [0.2, 0.25) is 0 Å². The first kappa shape index (κ1) is 21.3. The molecule has 2 heteroatoms. The van der Waals surface area contributed by atoms with Gasteiger partial charge in [0, 0.05) is 5.56 Å². The zero-order valence-corrected chi connectivity index (χ0v) is 19.8. The molecule has 0 unspecified atom stereocenters. The van der Waals surface area contributed by atoms with E-state index in [1.807, 2.05) is 12.1 Å². The number of benzene rings is 1. The van der Waals surface area contributed by atoms with Crippen molar-refractivity contribution in [3.05, 3.63) is 47.1 Å². The summed E-state index contributed by atoms with van der Waals surface area (Å²) < 4.78 is 0. The Morgan fingerprint density at radius 2 is 1.71 bits per heavy atom. The van der Waals surface area contributed by atoms with Crippen LogP contribution in [0.15, 0.2) is 41.5 Å². The van der Waals surface area contributed by atoms with E-state index in [0.29, 0.717) is 23.5 Å². The van der Waals surface area contributed by atoms with Crippen molar-refractivity contribution in [1.82, 2.24) is 0 Å². The first-order chi connectivity index (χ1) is 14.8.